The molecule has 0 spiro atoms. The van der Waals surface area contributed by atoms with Gasteiger partial charge in [-0.25, -0.2) is 9.97 Å². The number of benzene rings is 1. The zero-order valence-corrected chi connectivity index (χ0v) is 15.4. The molecule has 0 fully saturated rings. The Morgan fingerprint density at radius 1 is 1.15 bits per heavy atom. The van der Waals surface area contributed by atoms with Crippen LogP contribution in [0.3, 0.4) is 0 Å². The Kier molecular flexibility index (Phi) is 3.95. The van der Waals surface area contributed by atoms with Crippen molar-refractivity contribution in [3.05, 3.63) is 59.7 Å². The van der Waals surface area contributed by atoms with Gasteiger partial charge in [-0.1, -0.05) is 6.07 Å². The number of H-pyrrole nitrogens is 1. The number of hydrogen-bond acceptors (Lipinski definition) is 4. The fraction of sp³-hybridized carbons (Fsp3) is 0.250. The second-order valence-corrected chi connectivity index (χ2v) is 6.63. The van der Waals surface area contributed by atoms with E-state index in [9.17, 15) is 0 Å². The monoisotopic (exact) mass is 346 g/mol. The zero-order valence-electron chi connectivity index (χ0n) is 15.4. The Labute approximate surface area is 152 Å². The summed E-state index contributed by atoms with van der Waals surface area (Å²) >= 11 is 0. The lowest BCUT2D eigenvalue weighted by atomic mass is 10.1. The van der Waals surface area contributed by atoms with Crippen LogP contribution < -0.4 is 5.32 Å². The summed E-state index contributed by atoms with van der Waals surface area (Å²) in [5, 5.41) is 9.09. The maximum Gasteiger partial charge on any atom is 0.223 e. The predicted molar refractivity (Wildman–Crippen MR) is 104 cm³/mol. The highest BCUT2D eigenvalue weighted by atomic mass is 15.3. The topological polar surface area (TPSA) is 71.4 Å². The van der Waals surface area contributed by atoms with Gasteiger partial charge < -0.3 is 10.3 Å². The molecule has 26 heavy (non-hydrogen) atoms. The van der Waals surface area contributed by atoms with E-state index in [1.54, 1.807) is 6.20 Å². The van der Waals surface area contributed by atoms with Crippen molar-refractivity contribution in [1.82, 2.24) is 24.7 Å². The molecule has 132 valence electrons. The van der Waals surface area contributed by atoms with E-state index in [1.807, 2.05) is 30.9 Å². The van der Waals surface area contributed by atoms with Gasteiger partial charge in [0.2, 0.25) is 5.95 Å². The van der Waals surface area contributed by atoms with Crippen LogP contribution in [0, 0.1) is 13.8 Å². The lowest BCUT2D eigenvalue weighted by Crippen LogP contribution is -2.09. The highest BCUT2D eigenvalue weighted by Crippen LogP contribution is 2.26. The van der Waals surface area contributed by atoms with Gasteiger partial charge in [-0.2, -0.15) is 5.10 Å². The quantitative estimate of drug-likeness (QED) is 0.582. The van der Waals surface area contributed by atoms with E-state index in [0.717, 1.165) is 28.2 Å². The summed E-state index contributed by atoms with van der Waals surface area (Å²) in [5.74, 6) is 0.617. The van der Waals surface area contributed by atoms with Crippen LogP contribution in [0.25, 0.3) is 22.2 Å². The molecule has 0 saturated carbocycles. The van der Waals surface area contributed by atoms with Crippen molar-refractivity contribution in [3.63, 3.8) is 0 Å². The van der Waals surface area contributed by atoms with Gasteiger partial charge in [-0.15, -0.1) is 0 Å². The lowest BCUT2D eigenvalue weighted by Gasteiger charge is -2.15. The van der Waals surface area contributed by atoms with Crippen molar-refractivity contribution >= 4 is 16.9 Å². The number of nitrogens with one attached hydrogen (secondary N) is 2. The molecule has 3 heterocycles. The van der Waals surface area contributed by atoms with Crippen molar-refractivity contribution in [1.29, 1.82) is 0 Å². The minimum absolute atomic E-state index is 0.0978. The van der Waals surface area contributed by atoms with E-state index in [4.69, 9.17) is 4.98 Å². The largest absolute Gasteiger partial charge is 0.361 e. The van der Waals surface area contributed by atoms with Crippen LogP contribution in [0.2, 0.25) is 0 Å². The van der Waals surface area contributed by atoms with E-state index in [0.29, 0.717) is 5.95 Å². The highest BCUT2D eigenvalue weighted by Gasteiger charge is 2.14. The third-order valence-corrected chi connectivity index (χ3v) is 4.84. The number of aromatic amines is 1. The first-order chi connectivity index (χ1) is 12.5. The van der Waals surface area contributed by atoms with Crippen LogP contribution in [0.1, 0.15) is 29.9 Å². The number of aryl methyl sites for hydroxylation is 2. The predicted octanol–water partition coefficient (Wildman–Crippen LogP) is 4.15. The Morgan fingerprint density at radius 2 is 2.00 bits per heavy atom. The summed E-state index contributed by atoms with van der Waals surface area (Å²) in [6.45, 7) is 6.18. The molecule has 6 heteroatoms. The average molecular weight is 346 g/mol. The summed E-state index contributed by atoms with van der Waals surface area (Å²) in [5.41, 5.74) is 6.36. The Hall–Kier alpha value is -3.15. The van der Waals surface area contributed by atoms with Gasteiger partial charge in [-0.05, 0) is 56.0 Å². The zero-order chi connectivity index (χ0) is 18.3. The minimum atomic E-state index is 0.0978. The minimum Gasteiger partial charge on any atom is -0.361 e. The van der Waals surface area contributed by atoms with Gasteiger partial charge in [0.15, 0.2) is 0 Å². The summed E-state index contributed by atoms with van der Waals surface area (Å²) in [4.78, 5) is 12.3. The fourth-order valence-corrected chi connectivity index (χ4v) is 3.33. The third-order valence-electron chi connectivity index (χ3n) is 4.84. The summed E-state index contributed by atoms with van der Waals surface area (Å²) in [6, 6.07) is 10.5. The fourth-order valence-electron chi connectivity index (χ4n) is 3.33. The number of fused-ring (bicyclic) bond motifs is 1. The van der Waals surface area contributed by atoms with Gasteiger partial charge in [0.05, 0.1) is 17.4 Å². The number of rotatable bonds is 4. The van der Waals surface area contributed by atoms with E-state index >= 15 is 0 Å². The average Bonchev–Trinajstić information content (AvgIpc) is 3.18. The molecule has 0 aliphatic heterocycles. The normalized spacial score (nSPS) is 12.5. The van der Waals surface area contributed by atoms with Crippen molar-refractivity contribution in [2.24, 2.45) is 7.05 Å². The standard InChI is InChI=1S/C20H22N6/c1-12(15-5-6-17-16(11-15)7-9-21-17)23-20-22-10-8-18(24-20)19-13(2)25-26(4)14(19)3/h5-12,21H,1-4H3,(H,22,23,24)/t12-/m0/s1. The van der Waals surface area contributed by atoms with Gasteiger partial charge in [-0.3, -0.25) is 4.68 Å². The second-order valence-electron chi connectivity index (χ2n) is 6.63. The van der Waals surface area contributed by atoms with Crippen LogP contribution in [-0.4, -0.2) is 24.7 Å². The summed E-state index contributed by atoms with van der Waals surface area (Å²) < 4.78 is 1.88. The molecule has 0 amide bonds. The SMILES string of the molecule is Cc1nn(C)c(C)c1-c1ccnc(N[C@@H](C)c2ccc3[nH]ccc3c2)n1. The van der Waals surface area contributed by atoms with Crippen LogP contribution in [0.4, 0.5) is 5.95 Å². The molecular weight excluding hydrogens is 324 g/mol. The number of anilines is 1. The van der Waals surface area contributed by atoms with E-state index < -0.39 is 0 Å². The molecule has 6 nitrogen and oxygen atoms in total. The molecule has 0 aliphatic carbocycles. The molecule has 0 unspecified atom stereocenters. The molecule has 0 bridgehead atoms. The Balaban J connectivity index is 1.62. The molecule has 2 N–H and O–H groups in total. The first-order valence-electron chi connectivity index (χ1n) is 8.70. The van der Waals surface area contributed by atoms with Crippen molar-refractivity contribution < 1.29 is 0 Å². The van der Waals surface area contributed by atoms with Crippen molar-refractivity contribution in [2.75, 3.05) is 5.32 Å². The molecule has 4 rings (SSSR count). The van der Waals surface area contributed by atoms with Gasteiger partial charge in [0.1, 0.15) is 0 Å². The molecule has 3 aromatic heterocycles. The first-order valence-corrected chi connectivity index (χ1v) is 8.70. The van der Waals surface area contributed by atoms with Gasteiger partial charge >= 0.3 is 0 Å². The van der Waals surface area contributed by atoms with Crippen LogP contribution in [0.15, 0.2) is 42.7 Å². The number of hydrogen-bond donors (Lipinski definition) is 2. The van der Waals surface area contributed by atoms with Gasteiger partial charge in [0, 0.05) is 36.2 Å². The van der Waals surface area contributed by atoms with Crippen LogP contribution >= 0.6 is 0 Å². The van der Waals surface area contributed by atoms with Gasteiger partial charge in [0.25, 0.3) is 0 Å². The Bertz CT molecular complexity index is 1080. The van der Waals surface area contributed by atoms with Crippen molar-refractivity contribution in [2.45, 2.75) is 26.8 Å². The molecular formula is C20H22N6. The Morgan fingerprint density at radius 3 is 2.77 bits per heavy atom. The lowest BCUT2D eigenvalue weighted by molar-refractivity contribution is 0.731. The molecule has 0 aliphatic rings. The molecule has 1 atom stereocenters. The van der Waals surface area contributed by atoms with E-state index in [1.165, 1.54) is 10.9 Å². The number of aromatic nitrogens is 5. The van der Waals surface area contributed by atoms with Crippen molar-refractivity contribution in [3.8, 4) is 11.3 Å². The molecule has 0 saturated heterocycles. The van der Waals surface area contributed by atoms with Crippen LogP contribution in [0.5, 0.6) is 0 Å². The number of nitrogens with zero attached hydrogens (tertiary/aromatic N) is 4. The second kappa shape index (κ2) is 6.29. The highest BCUT2D eigenvalue weighted by molar-refractivity contribution is 5.80. The molecule has 0 radical (unpaired) electrons. The first kappa shape index (κ1) is 16.3. The molecule has 4 aromatic rings. The summed E-state index contributed by atoms with van der Waals surface area (Å²) in [6.07, 6.45) is 3.75. The molecule has 1 aromatic carbocycles. The summed E-state index contributed by atoms with van der Waals surface area (Å²) in [7, 11) is 1.95. The smallest absolute Gasteiger partial charge is 0.223 e. The third kappa shape index (κ3) is 2.83. The maximum absolute atomic E-state index is 4.71. The maximum atomic E-state index is 4.71. The van der Waals surface area contributed by atoms with Crippen LogP contribution in [-0.2, 0) is 7.05 Å². The van der Waals surface area contributed by atoms with E-state index in [-0.39, 0.29) is 6.04 Å². The van der Waals surface area contributed by atoms with E-state index in [2.05, 4.69) is 58.5 Å².